The Morgan fingerprint density at radius 2 is 1.70 bits per heavy atom. The van der Waals surface area contributed by atoms with Crippen molar-refractivity contribution in [1.82, 2.24) is 5.32 Å². The molecule has 162 valence electrons. The van der Waals surface area contributed by atoms with E-state index in [1.54, 1.807) is 19.1 Å². The molecule has 0 radical (unpaired) electrons. The molecule has 1 heterocycles. The van der Waals surface area contributed by atoms with Gasteiger partial charge in [0.25, 0.3) is 0 Å². The van der Waals surface area contributed by atoms with Crippen LogP contribution in [-0.4, -0.2) is 40.3 Å². The number of anilines is 1. The highest BCUT2D eigenvalue weighted by Gasteiger charge is 2.25. The molecule has 0 unspecified atom stereocenters. The quantitative estimate of drug-likeness (QED) is 0.614. The lowest BCUT2D eigenvalue weighted by atomic mass is 10.1. The first-order chi connectivity index (χ1) is 14.1. The van der Waals surface area contributed by atoms with Crippen LogP contribution >= 0.6 is 34.8 Å². The van der Waals surface area contributed by atoms with Crippen molar-refractivity contribution in [2.24, 2.45) is 0 Å². The standard InChI is InChI=1S/C19H19Cl3N2O5S/c1-11(12-3-4-17-18(7-12)29-6-5-28-17)23-19(25)10-24(30(2,26)27)16-9-14(21)13(20)8-15(16)22/h3-4,7-9,11H,5-6,10H2,1-2H3,(H,23,25)/t11-/m1/s1. The van der Waals surface area contributed by atoms with Gasteiger partial charge in [0, 0.05) is 0 Å². The van der Waals surface area contributed by atoms with Crippen molar-refractivity contribution in [3.63, 3.8) is 0 Å². The van der Waals surface area contributed by atoms with Gasteiger partial charge in [-0.3, -0.25) is 9.10 Å². The summed E-state index contributed by atoms with van der Waals surface area (Å²) in [6, 6.07) is 7.59. The third-order valence-corrected chi connectivity index (χ3v) is 6.54. The van der Waals surface area contributed by atoms with Gasteiger partial charge < -0.3 is 14.8 Å². The third-order valence-electron chi connectivity index (χ3n) is 4.39. The Kier molecular flexibility index (Phi) is 6.91. The molecule has 0 fully saturated rings. The fourth-order valence-electron chi connectivity index (χ4n) is 2.91. The van der Waals surface area contributed by atoms with E-state index in [1.807, 2.05) is 6.07 Å². The second kappa shape index (κ2) is 9.09. The third kappa shape index (κ3) is 5.24. The minimum Gasteiger partial charge on any atom is -0.486 e. The number of nitrogens with one attached hydrogen (secondary N) is 1. The Morgan fingerprint density at radius 1 is 1.07 bits per heavy atom. The van der Waals surface area contributed by atoms with Gasteiger partial charge >= 0.3 is 0 Å². The molecule has 2 aromatic rings. The van der Waals surface area contributed by atoms with Crippen molar-refractivity contribution < 1.29 is 22.7 Å². The number of benzene rings is 2. The van der Waals surface area contributed by atoms with E-state index in [0.29, 0.717) is 24.7 Å². The Morgan fingerprint density at radius 3 is 2.37 bits per heavy atom. The molecule has 0 saturated heterocycles. The summed E-state index contributed by atoms with van der Waals surface area (Å²) in [5.74, 6) is 0.714. The van der Waals surface area contributed by atoms with Crippen molar-refractivity contribution >= 4 is 56.4 Å². The molecule has 1 amide bonds. The van der Waals surface area contributed by atoms with E-state index >= 15 is 0 Å². The Hall–Kier alpha value is -1.87. The van der Waals surface area contributed by atoms with Crippen molar-refractivity contribution in [2.75, 3.05) is 30.3 Å². The van der Waals surface area contributed by atoms with Gasteiger partial charge in [0.1, 0.15) is 19.8 Å². The van der Waals surface area contributed by atoms with Crippen molar-refractivity contribution in [2.45, 2.75) is 13.0 Å². The van der Waals surface area contributed by atoms with Gasteiger partial charge in [-0.2, -0.15) is 0 Å². The predicted octanol–water partition coefficient (Wildman–Crippen LogP) is 4.06. The molecule has 3 rings (SSSR count). The number of halogens is 3. The Balaban J connectivity index is 1.78. The predicted molar refractivity (Wildman–Crippen MR) is 118 cm³/mol. The summed E-state index contributed by atoms with van der Waals surface area (Å²) in [6.45, 7) is 2.23. The highest BCUT2D eigenvalue weighted by molar-refractivity contribution is 7.92. The molecule has 1 aliphatic heterocycles. The number of sulfonamides is 1. The van der Waals surface area contributed by atoms with E-state index in [1.165, 1.54) is 12.1 Å². The molecule has 0 aromatic heterocycles. The van der Waals surface area contributed by atoms with E-state index in [-0.39, 0.29) is 20.8 Å². The number of hydrogen-bond acceptors (Lipinski definition) is 5. The number of amides is 1. The topological polar surface area (TPSA) is 84.9 Å². The monoisotopic (exact) mass is 492 g/mol. The first-order valence-corrected chi connectivity index (χ1v) is 11.9. The van der Waals surface area contributed by atoms with Gasteiger partial charge in [-0.15, -0.1) is 0 Å². The maximum Gasteiger partial charge on any atom is 0.241 e. The van der Waals surface area contributed by atoms with Crippen LogP contribution < -0.4 is 19.1 Å². The molecule has 0 bridgehead atoms. The number of ether oxygens (including phenoxy) is 2. The van der Waals surface area contributed by atoms with Crippen LogP contribution in [0.15, 0.2) is 30.3 Å². The zero-order valence-corrected chi connectivity index (χ0v) is 19.2. The number of hydrogen-bond donors (Lipinski definition) is 1. The van der Waals surface area contributed by atoms with Crippen LogP contribution in [0.2, 0.25) is 15.1 Å². The average molecular weight is 494 g/mol. The molecule has 0 saturated carbocycles. The van der Waals surface area contributed by atoms with E-state index in [4.69, 9.17) is 44.3 Å². The molecule has 1 aliphatic rings. The molecule has 2 aromatic carbocycles. The van der Waals surface area contributed by atoms with Crippen LogP contribution in [0.4, 0.5) is 5.69 Å². The van der Waals surface area contributed by atoms with Gasteiger partial charge in [-0.05, 0) is 36.8 Å². The highest BCUT2D eigenvalue weighted by Crippen LogP contribution is 2.36. The average Bonchev–Trinajstić information content (AvgIpc) is 2.68. The van der Waals surface area contributed by atoms with Crippen molar-refractivity contribution in [3.05, 3.63) is 51.0 Å². The lowest BCUT2D eigenvalue weighted by molar-refractivity contribution is -0.120. The normalized spacial score (nSPS) is 14.2. The fourth-order valence-corrected chi connectivity index (χ4v) is 4.47. The van der Waals surface area contributed by atoms with Crippen LogP contribution in [0.5, 0.6) is 11.5 Å². The molecule has 7 nitrogen and oxygen atoms in total. The van der Waals surface area contributed by atoms with Crippen LogP contribution in [0, 0.1) is 0 Å². The van der Waals surface area contributed by atoms with Crippen molar-refractivity contribution in [3.8, 4) is 11.5 Å². The number of fused-ring (bicyclic) bond motifs is 1. The lowest BCUT2D eigenvalue weighted by Gasteiger charge is -2.25. The Bertz CT molecular complexity index is 1080. The first kappa shape index (κ1) is 22.8. The minimum absolute atomic E-state index is 0.0579. The zero-order chi connectivity index (χ0) is 22.1. The molecule has 30 heavy (non-hydrogen) atoms. The largest absolute Gasteiger partial charge is 0.486 e. The van der Waals surface area contributed by atoms with E-state index in [9.17, 15) is 13.2 Å². The number of carbonyl (C=O) groups excluding carboxylic acids is 1. The lowest BCUT2D eigenvalue weighted by Crippen LogP contribution is -2.41. The maximum atomic E-state index is 12.6. The summed E-state index contributed by atoms with van der Waals surface area (Å²) in [7, 11) is -3.83. The second-order valence-corrected chi connectivity index (χ2v) is 9.81. The molecule has 0 spiro atoms. The summed E-state index contributed by atoms with van der Waals surface area (Å²) in [5, 5.41) is 3.13. The fraction of sp³-hybridized carbons (Fsp3) is 0.316. The molecule has 1 atom stereocenters. The summed E-state index contributed by atoms with van der Waals surface area (Å²) >= 11 is 18.1. The first-order valence-electron chi connectivity index (χ1n) is 8.87. The SMILES string of the molecule is C[C@@H](NC(=O)CN(c1cc(Cl)c(Cl)cc1Cl)S(C)(=O)=O)c1ccc2c(c1)OCCO2. The van der Waals surface area contributed by atoms with Gasteiger partial charge in [0.2, 0.25) is 15.9 Å². The van der Waals surface area contributed by atoms with E-state index < -0.39 is 28.5 Å². The summed E-state index contributed by atoms with van der Waals surface area (Å²) < 4.78 is 36.6. The van der Waals surface area contributed by atoms with Crippen LogP contribution in [-0.2, 0) is 14.8 Å². The van der Waals surface area contributed by atoms with E-state index in [2.05, 4.69) is 5.32 Å². The molecule has 1 N–H and O–H groups in total. The van der Waals surface area contributed by atoms with E-state index in [0.717, 1.165) is 16.1 Å². The smallest absolute Gasteiger partial charge is 0.241 e. The van der Waals surface area contributed by atoms with Crippen LogP contribution in [0.3, 0.4) is 0 Å². The zero-order valence-electron chi connectivity index (χ0n) is 16.1. The van der Waals surface area contributed by atoms with Gasteiger partial charge in [-0.25, -0.2) is 8.42 Å². The summed E-state index contributed by atoms with van der Waals surface area (Å²) in [5.41, 5.74) is 0.849. The molecule has 11 heteroatoms. The molecular weight excluding hydrogens is 475 g/mol. The number of nitrogens with zero attached hydrogens (tertiary/aromatic N) is 1. The summed E-state index contributed by atoms with van der Waals surface area (Å²) in [4.78, 5) is 12.6. The molecule has 0 aliphatic carbocycles. The van der Waals surface area contributed by atoms with Gasteiger partial charge in [-0.1, -0.05) is 40.9 Å². The highest BCUT2D eigenvalue weighted by atomic mass is 35.5. The van der Waals surface area contributed by atoms with Gasteiger partial charge in [0.05, 0.1) is 33.1 Å². The minimum atomic E-state index is -3.83. The second-order valence-electron chi connectivity index (χ2n) is 6.68. The van der Waals surface area contributed by atoms with Crippen molar-refractivity contribution in [1.29, 1.82) is 0 Å². The number of carbonyl (C=O) groups is 1. The van der Waals surface area contributed by atoms with Gasteiger partial charge in [0.15, 0.2) is 11.5 Å². The van der Waals surface area contributed by atoms with Crippen LogP contribution in [0.1, 0.15) is 18.5 Å². The summed E-state index contributed by atoms with van der Waals surface area (Å²) in [6.07, 6.45) is 0.976. The molecular formula is C19H19Cl3N2O5S. The number of rotatable bonds is 6. The Labute approximate surface area is 189 Å². The van der Waals surface area contributed by atoms with Crippen LogP contribution in [0.25, 0.3) is 0 Å². The maximum absolute atomic E-state index is 12.6.